The zero-order valence-electron chi connectivity index (χ0n) is 14.6. The van der Waals surface area contributed by atoms with Gasteiger partial charge in [-0.25, -0.2) is 0 Å². The second-order valence-corrected chi connectivity index (χ2v) is 7.25. The fourth-order valence-corrected chi connectivity index (χ4v) is 3.20. The van der Waals surface area contributed by atoms with Crippen LogP contribution in [0.15, 0.2) is 24.3 Å². The average Bonchev–Trinajstić information content (AvgIpc) is 2.86. The fourth-order valence-electron chi connectivity index (χ4n) is 3.02. The first-order valence-electron chi connectivity index (χ1n) is 8.86. The largest absolute Gasteiger partial charge is 0.284 e. The molecule has 0 N–H and O–H groups in total. The second kappa shape index (κ2) is 8.54. The van der Waals surface area contributed by atoms with Gasteiger partial charge in [-0.1, -0.05) is 51.6 Å². The summed E-state index contributed by atoms with van der Waals surface area (Å²) in [4.78, 5) is 12.7. The number of hydrogen-bond donors (Lipinski definition) is 0. The highest BCUT2D eigenvalue weighted by atomic mass is 35.5. The van der Waals surface area contributed by atoms with Gasteiger partial charge in [-0.3, -0.25) is 9.36 Å². The number of rotatable bonds is 8. The molecule has 0 bridgehead atoms. The van der Waals surface area contributed by atoms with Crippen LogP contribution in [0, 0.1) is 5.92 Å². The van der Waals surface area contributed by atoms with Crippen LogP contribution in [-0.4, -0.2) is 10.5 Å². The molecule has 0 unspecified atom stereocenters. The van der Waals surface area contributed by atoms with Crippen molar-refractivity contribution < 1.29 is 4.79 Å². The summed E-state index contributed by atoms with van der Waals surface area (Å²) in [6.45, 7) is 6.63. The number of halogens is 1. The highest BCUT2D eigenvalue weighted by molar-refractivity contribution is 6.31. The van der Waals surface area contributed by atoms with E-state index in [0.717, 1.165) is 53.2 Å². The van der Waals surface area contributed by atoms with Crippen LogP contribution in [0.1, 0.15) is 69.8 Å². The summed E-state index contributed by atoms with van der Waals surface area (Å²) in [5.41, 5.74) is 2.13. The number of hydrogen-bond acceptors (Lipinski definition) is 1. The van der Waals surface area contributed by atoms with Crippen LogP contribution in [0.3, 0.4) is 0 Å². The van der Waals surface area contributed by atoms with E-state index in [1.165, 1.54) is 12.8 Å². The van der Waals surface area contributed by atoms with Crippen molar-refractivity contribution in [3.63, 3.8) is 0 Å². The third-order valence-corrected chi connectivity index (χ3v) is 4.53. The van der Waals surface area contributed by atoms with E-state index in [9.17, 15) is 4.79 Å². The normalized spacial score (nSPS) is 11.5. The molecule has 2 aromatic rings. The van der Waals surface area contributed by atoms with Gasteiger partial charge in [0.15, 0.2) is 0 Å². The minimum Gasteiger partial charge on any atom is -0.284 e. The number of nitrogens with zero attached hydrogens (tertiary/aromatic N) is 1. The number of aryl methyl sites for hydroxylation is 1. The molecule has 0 radical (unpaired) electrons. The molecular weight excluding hydrogens is 306 g/mol. The SMILES string of the molecule is CCCCC(=O)n1c(CCCCC(C)C)cc2cc(Cl)ccc21. The maximum Gasteiger partial charge on any atom is 0.231 e. The van der Waals surface area contributed by atoms with Gasteiger partial charge in [0.25, 0.3) is 0 Å². The number of aromatic nitrogens is 1. The van der Waals surface area contributed by atoms with E-state index in [0.29, 0.717) is 6.42 Å². The van der Waals surface area contributed by atoms with E-state index < -0.39 is 0 Å². The Labute approximate surface area is 144 Å². The number of carbonyl (C=O) groups excluding carboxylic acids is 1. The van der Waals surface area contributed by atoms with E-state index in [1.54, 1.807) is 0 Å². The molecule has 0 fully saturated rings. The van der Waals surface area contributed by atoms with Gasteiger partial charge in [-0.15, -0.1) is 0 Å². The van der Waals surface area contributed by atoms with Crippen LogP contribution in [0.5, 0.6) is 0 Å². The molecule has 0 amide bonds. The third-order valence-electron chi connectivity index (χ3n) is 4.30. The summed E-state index contributed by atoms with van der Waals surface area (Å²) >= 11 is 6.11. The first-order valence-corrected chi connectivity index (χ1v) is 9.23. The molecule has 2 rings (SSSR count). The molecular formula is C20H28ClNO. The summed E-state index contributed by atoms with van der Waals surface area (Å²) in [6, 6.07) is 7.94. The molecule has 126 valence electrons. The van der Waals surface area contributed by atoms with Crippen molar-refractivity contribution in [3.8, 4) is 0 Å². The molecule has 0 spiro atoms. The van der Waals surface area contributed by atoms with Crippen molar-refractivity contribution >= 4 is 28.4 Å². The van der Waals surface area contributed by atoms with E-state index >= 15 is 0 Å². The Balaban J connectivity index is 2.24. The lowest BCUT2D eigenvalue weighted by molar-refractivity contribution is 0.0902. The first kappa shape index (κ1) is 18.1. The van der Waals surface area contributed by atoms with Crippen molar-refractivity contribution in [3.05, 3.63) is 35.0 Å². The topological polar surface area (TPSA) is 22.0 Å². The molecule has 0 aliphatic carbocycles. The summed E-state index contributed by atoms with van der Waals surface area (Å²) in [5.74, 6) is 0.953. The first-order chi connectivity index (χ1) is 11.0. The second-order valence-electron chi connectivity index (χ2n) is 6.81. The van der Waals surface area contributed by atoms with Crippen molar-refractivity contribution in [2.75, 3.05) is 0 Å². The van der Waals surface area contributed by atoms with Crippen LogP contribution in [0.2, 0.25) is 5.02 Å². The summed E-state index contributed by atoms with van der Waals surface area (Å²) in [6.07, 6.45) is 7.14. The molecule has 0 saturated heterocycles. The highest BCUT2D eigenvalue weighted by Crippen LogP contribution is 2.25. The van der Waals surface area contributed by atoms with Gasteiger partial charge in [-0.05, 0) is 49.4 Å². The Hall–Kier alpha value is -1.28. The van der Waals surface area contributed by atoms with Crippen molar-refractivity contribution in [1.82, 2.24) is 4.57 Å². The monoisotopic (exact) mass is 333 g/mol. The fraction of sp³-hybridized carbons (Fsp3) is 0.550. The van der Waals surface area contributed by atoms with Gasteiger partial charge >= 0.3 is 0 Å². The highest BCUT2D eigenvalue weighted by Gasteiger charge is 2.15. The van der Waals surface area contributed by atoms with Crippen LogP contribution < -0.4 is 0 Å². The standard InChI is InChI=1S/C20H28ClNO/c1-4-5-10-20(23)22-18(9-7-6-8-15(2)3)14-16-13-17(21)11-12-19(16)22/h11-15H,4-10H2,1-3H3. The Bertz CT molecular complexity index is 657. The molecule has 1 heterocycles. The maximum absolute atomic E-state index is 12.7. The smallest absolute Gasteiger partial charge is 0.231 e. The van der Waals surface area contributed by atoms with Crippen LogP contribution >= 0.6 is 11.6 Å². The van der Waals surface area contributed by atoms with Crippen molar-refractivity contribution in [1.29, 1.82) is 0 Å². The van der Waals surface area contributed by atoms with E-state index in [2.05, 4.69) is 26.8 Å². The molecule has 1 aromatic heterocycles. The van der Waals surface area contributed by atoms with Gasteiger partial charge in [0.05, 0.1) is 5.52 Å². The van der Waals surface area contributed by atoms with E-state index in [-0.39, 0.29) is 5.91 Å². The molecule has 0 aliphatic heterocycles. The predicted octanol–water partition coefficient (Wildman–Crippen LogP) is 6.49. The molecule has 3 heteroatoms. The third kappa shape index (κ3) is 4.84. The Morgan fingerprint density at radius 3 is 2.65 bits per heavy atom. The number of benzene rings is 1. The van der Waals surface area contributed by atoms with E-state index in [1.807, 2.05) is 22.8 Å². The lowest BCUT2D eigenvalue weighted by Gasteiger charge is -2.10. The van der Waals surface area contributed by atoms with Crippen molar-refractivity contribution in [2.24, 2.45) is 5.92 Å². The van der Waals surface area contributed by atoms with E-state index in [4.69, 9.17) is 11.6 Å². The van der Waals surface area contributed by atoms with Crippen molar-refractivity contribution in [2.45, 2.75) is 65.7 Å². The van der Waals surface area contributed by atoms with Crippen LogP contribution in [0.25, 0.3) is 10.9 Å². The summed E-state index contributed by atoms with van der Waals surface area (Å²) in [5, 5.41) is 1.79. The summed E-state index contributed by atoms with van der Waals surface area (Å²) < 4.78 is 1.93. The lowest BCUT2D eigenvalue weighted by Crippen LogP contribution is -2.13. The quantitative estimate of drug-likeness (QED) is 0.506. The van der Waals surface area contributed by atoms with Crippen LogP contribution in [0.4, 0.5) is 0 Å². The molecule has 23 heavy (non-hydrogen) atoms. The van der Waals surface area contributed by atoms with Crippen LogP contribution in [-0.2, 0) is 6.42 Å². The van der Waals surface area contributed by atoms with Gasteiger partial charge < -0.3 is 0 Å². The predicted molar refractivity (Wildman–Crippen MR) is 99.5 cm³/mol. The minimum absolute atomic E-state index is 0.211. The Morgan fingerprint density at radius 2 is 1.96 bits per heavy atom. The molecule has 0 aliphatic rings. The molecule has 0 saturated carbocycles. The van der Waals surface area contributed by atoms with Gasteiger partial charge in [0.2, 0.25) is 5.91 Å². The Kier molecular flexibility index (Phi) is 6.71. The number of fused-ring (bicyclic) bond motifs is 1. The molecule has 0 atom stereocenters. The minimum atomic E-state index is 0.211. The van der Waals surface area contributed by atoms with Gasteiger partial charge in [0, 0.05) is 22.5 Å². The zero-order valence-corrected chi connectivity index (χ0v) is 15.3. The number of carbonyl (C=O) groups is 1. The summed E-state index contributed by atoms with van der Waals surface area (Å²) in [7, 11) is 0. The molecule has 2 nitrogen and oxygen atoms in total. The maximum atomic E-state index is 12.7. The number of unbranched alkanes of at least 4 members (excludes halogenated alkanes) is 2. The zero-order chi connectivity index (χ0) is 16.8. The molecule has 1 aromatic carbocycles. The van der Waals surface area contributed by atoms with Gasteiger partial charge in [-0.2, -0.15) is 0 Å². The lowest BCUT2D eigenvalue weighted by atomic mass is 10.0. The average molecular weight is 334 g/mol. The van der Waals surface area contributed by atoms with Gasteiger partial charge in [0.1, 0.15) is 0 Å². The Morgan fingerprint density at radius 1 is 1.17 bits per heavy atom.